The van der Waals surface area contributed by atoms with Crippen molar-refractivity contribution in [3.05, 3.63) is 47.1 Å². The molecule has 1 aromatic carbocycles. The molecular weight excluding hydrogens is 390 g/mol. The van der Waals surface area contributed by atoms with Crippen LogP contribution in [0.5, 0.6) is 5.75 Å². The van der Waals surface area contributed by atoms with Crippen LogP contribution >= 0.6 is 11.6 Å². The van der Waals surface area contributed by atoms with Crippen LogP contribution in [0.2, 0.25) is 5.02 Å². The molecule has 2 aromatic rings. The van der Waals surface area contributed by atoms with Crippen molar-refractivity contribution < 1.29 is 9.53 Å². The molecule has 0 atom stereocenters. The van der Waals surface area contributed by atoms with Crippen LogP contribution in [0.4, 0.5) is 16.3 Å². The maximum atomic E-state index is 13.1. The largest absolute Gasteiger partial charge is 0.489 e. The van der Waals surface area contributed by atoms with Crippen LogP contribution in [-0.4, -0.2) is 55.7 Å². The Labute approximate surface area is 175 Å². The van der Waals surface area contributed by atoms with Crippen molar-refractivity contribution in [3.63, 3.8) is 0 Å². The van der Waals surface area contributed by atoms with Gasteiger partial charge in [-0.3, -0.25) is 4.90 Å². The van der Waals surface area contributed by atoms with Crippen LogP contribution in [0.15, 0.2) is 36.5 Å². The summed E-state index contributed by atoms with van der Waals surface area (Å²) >= 11 is 6.04. The van der Waals surface area contributed by atoms with Gasteiger partial charge in [-0.05, 0) is 24.3 Å². The minimum atomic E-state index is -0.0545. The number of hydrogen-bond acceptors (Lipinski definition) is 5. The van der Waals surface area contributed by atoms with Crippen molar-refractivity contribution in [2.24, 2.45) is 5.41 Å². The van der Waals surface area contributed by atoms with E-state index in [0.29, 0.717) is 36.0 Å². The predicted octanol–water partition coefficient (Wildman–Crippen LogP) is 3.38. The molecule has 2 aliphatic rings. The summed E-state index contributed by atoms with van der Waals surface area (Å²) in [6, 6.07) is 10.9. The van der Waals surface area contributed by atoms with Gasteiger partial charge in [-0.15, -0.1) is 0 Å². The molecule has 0 aliphatic carbocycles. The maximum Gasteiger partial charge on any atom is 0.324 e. The zero-order chi connectivity index (χ0) is 20.6. The molecule has 0 N–H and O–H groups in total. The lowest BCUT2D eigenvalue weighted by atomic mass is 9.81. The Bertz CT molecular complexity index is 983. The molecule has 3 heterocycles. The highest BCUT2D eigenvalue weighted by Crippen LogP contribution is 2.36. The summed E-state index contributed by atoms with van der Waals surface area (Å²) in [7, 11) is 1.83. The highest BCUT2D eigenvalue weighted by atomic mass is 35.5. The number of benzene rings is 1. The van der Waals surface area contributed by atoms with Crippen molar-refractivity contribution in [2.45, 2.75) is 6.92 Å². The second-order valence-corrected chi connectivity index (χ2v) is 8.37. The number of urea groups is 1. The first-order chi connectivity index (χ1) is 13.9. The molecule has 2 amide bonds. The molecule has 0 saturated carbocycles. The Balaban J connectivity index is 1.41. The van der Waals surface area contributed by atoms with E-state index in [-0.39, 0.29) is 11.4 Å². The topological polar surface area (TPSA) is 72.7 Å². The van der Waals surface area contributed by atoms with E-state index in [1.807, 2.05) is 13.1 Å². The lowest BCUT2D eigenvalue weighted by molar-refractivity contribution is 0.154. The van der Waals surface area contributed by atoms with Crippen LogP contribution in [0, 0.1) is 16.7 Å². The Morgan fingerprint density at radius 3 is 2.93 bits per heavy atom. The SMILES string of the molecule is CN(CC1(C)CN(c2cc(C#N)ccn2)C1)C(=O)N1CCOc2cc(Cl)ccc21. The number of nitrogens with zero attached hydrogens (tertiary/aromatic N) is 5. The molecular formula is C21H22ClN5O2. The fraction of sp³-hybridized carbons (Fsp3) is 0.381. The van der Waals surface area contributed by atoms with E-state index in [0.717, 1.165) is 24.6 Å². The predicted molar refractivity (Wildman–Crippen MR) is 112 cm³/mol. The van der Waals surface area contributed by atoms with Gasteiger partial charge in [-0.2, -0.15) is 5.26 Å². The van der Waals surface area contributed by atoms with Crippen molar-refractivity contribution in [1.29, 1.82) is 5.26 Å². The van der Waals surface area contributed by atoms with Crippen LogP contribution in [0.1, 0.15) is 12.5 Å². The Kier molecular flexibility index (Phi) is 4.97. The van der Waals surface area contributed by atoms with Crippen molar-refractivity contribution >= 4 is 29.1 Å². The van der Waals surface area contributed by atoms with E-state index in [2.05, 4.69) is 22.9 Å². The number of carbonyl (C=O) groups excluding carboxylic acids is 1. The van der Waals surface area contributed by atoms with Gasteiger partial charge in [0.2, 0.25) is 0 Å². The normalized spacial score (nSPS) is 16.9. The second kappa shape index (κ2) is 7.45. The molecule has 7 nitrogen and oxygen atoms in total. The zero-order valence-electron chi connectivity index (χ0n) is 16.4. The number of fused-ring (bicyclic) bond motifs is 1. The smallest absolute Gasteiger partial charge is 0.324 e. The lowest BCUT2D eigenvalue weighted by Crippen LogP contribution is -2.61. The molecule has 150 valence electrons. The van der Waals surface area contributed by atoms with E-state index in [4.69, 9.17) is 21.6 Å². The van der Waals surface area contributed by atoms with E-state index in [1.54, 1.807) is 40.3 Å². The molecule has 8 heteroatoms. The summed E-state index contributed by atoms with van der Waals surface area (Å²) in [5.41, 5.74) is 1.31. The number of anilines is 2. The van der Waals surface area contributed by atoms with Gasteiger partial charge in [0.15, 0.2) is 0 Å². The summed E-state index contributed by atoms with van der Waals surface area (Å²) < 4.78 is 5.65. The summed E-state index contributed by atoms with van der Waals surface area (Å²) in [6.07, 6.45) is 1.65. The number of pyridine rings is 1. The number of aromatic nitrogens is 1. The van der Waals surface area contributed by atoms with Gasteiger partial charge in [0, 0.05) is 49.4 Å². The van der Waals surface area contributed by atoms with E-state index >= 15 is 0 Å². The number of carbonyl (C=O) groups is 1. The van der Waals surface area contributed by atoms with Gasteiger partial charge in [0.05, 0.1) is 23.9 Å². The van der Waals surface area contributed by atoms with Gasteiger partial charge in [0.25, 0.3) is 0 Å². The van der Waals surface area contributed by atoms with E-state index in [9.17, 15) is 4.79 Å². The number of rotatable bonds is 3. The monoisotopic (exact) mass is 411 g/mol. The fourth-order valence-corrected chi connectivity index (χ4v) is 4.20. The molecule has 29 heavy (non-hydrogen) atoms. The number of nitriles is 1. The first kappa shape index (κ1) is 19.3. The van der Waals surface area contributed by atoms with Gasteiger partial charge in [0.1, 0.15) is 18.2 Å². The standard InChI is InChI=1S/C21H22ClN5O2/c1-21(13-26(14-21)19-9-15(11-23)5-6-24-19)12-25(2)20(28)27-7-8-29-18-10-16(22)3-4-17(18)27/h3-6,9-10H,7-8,12-14H2,1-2H3. The quantitative estimate of drug-likeness (QED) is 0.774. The summed E-state index contributed by atoms with van der Waals surface area (Å²) in [6.45, 7) is 5.29. The first-order valence-corrected chi connectivity index (χ1v) is 9.82. The molecule has 0 radical (unpaired) electrons. The fourth-order valence-electron chi connectivity index (χ4n) is 4.04. The van der Waals surface area contributed by atoms with Crippen molar-refractivity contribution in [3.8, 4) is 11.8 Å². The van der Waals surface area contributed by atoms with Gasteiger partial charge in [-0.1, -0.05) is 18.5 Å². The minimum Gasteiger partial charge on any atom is -0.489 e. The highest BCUT2D eigenvalue weighted by Gasteiger charge is 2.41. The second-order valence-electron chi connectivity index (χ2n) is 7.93. The van der Waals surface area contributed by atoms with E-state index in [1.165, 1.54) is 0 Å². The average Bonchev–Trinajstić information content (AvgIpc) is 2.70. The first-order valence-electron chi connectivity index (χ1n) is 9.45. The maximum absolute atomic E-state index is 13.1. The van der Waals surface area contributed by atoms with Crippen molar-refractivity contribution in [1.82, 2.24) is 9.88 Å². The third-order valence-corrected chi connectivity index (χ3v) is 5.54. The molecule has 4 rings (SSSR count). The number of halogens is 1. The van der Waals surface area contributed by atoms with Gasteiger partial charge >= 0.3 is 6.03 Å². The van der Waals surface area contributed by atoms with E-state index < -0.39 is 0 Å². The molecule has 1 saturated heterocycles. The number of hydrogen-bond donors (Lipinski definition) is 0. The summed E-state index contributed by atoms with van der Waals surface area (Å²) in [4.78, 5) is 23.1. The summed E-state index contributed by atoms with van der Waals surface area (Å²) in [5.74, 6) is 1.43. The molecule has 0 unspecified atom stereocenters. The average molecular weight is 412 g/mol. The van der Waals surface area contributed by atoms with Crippen molar-refractivity contribution in [2.75, 3.05) is 49.6 Å². The highest BCUT2D eigenvalue weighted by molar-refractivity contribution is 6.30. The van der Waals surface area contributed by atoms with Crippen LogP contribution in [-0.2, 0) is 0 Å². The molecule has 0 bridgehead atoms. The van der Waals surface area contributed by atoms with Gasteiger partial charge in [-0.25, -0.2) is 9.78 Å². The molecule has 0 spiro atoms. The third kappa shape index (κ3) is 3.81. The zero-order valence-corrected chi connectivity index (χ0v) is 17.2. The Hall–Kier alpha value is -2.98. The van der Waals surface area contributed by atoms with Crippen LogP contribution in [0.3, 0.4) is 0 Å². The van der Waals surface area contributed by atoms with Crippen LogP contribution in [0.25, 0.3) is 0 Å². The Morgan fingerprint density at radius 1 is 1.38 bits per heavy atom. The minimum absolute atomic E-state index is 0.0378. The Morgan fingerprint density at radius 2 is 2.17 bits per heavy atom. The third-order valence-electron chi connectivity index (χ3n) is 5.31. The molecule has 1 fully saturated rings. The molecule has 2 aliphatic heterocycles. The lowest BCUT2D eigenvalue weighted by Gasteiger charge is -2.50. The molecule has 1 aromatic heterocycles. The van der Waals surface area contributed by atoms with Gasteiger partial charge < -0.3 is 14.5 Å². The van der Waals surface area contributed by atoms with Crippen LogP contribution < -0.4 is 14.5 Å². The summed E-state index contributed by atoms with van der Waals surface area (Å²) in [5, 5.41) is 9.65. The number of ether oxygens (including phenoxy) is 1. The number of amides is 2.